The zero-order valence-corrected chi connectivity index (χ0v) is 14.4. The van der Waals surface area contributed by atoms with Gasteiger partial charge in [0.1, 0.15) is 0 Å². The van der Waals surface area contributed by atoms with Crippen molar-refractivity contribution in [2.24, 2.45) is 11.7 Å². The molecule has 1 aromatic heterocycles. The molecule has 122 valence electrons. The van der Waals surface area contributed by atoms with Crippen molar-refractivity contribution in [2.45, 2.75) is 19.9 Å². The maximum Gasteiger partial charge on any atom is 0.244 e. The fourth-order valence-electron chi connectivity index (χ4n) is 1.82. The predicted octanol–water partition coefficient (Wildman–Crippen LogP) is 3.48. The number of halogens is 2. The smallest absolute Gasteiger partial charge is 0.244 e. The average Bonchev–Trinajstić information content (AvgIpc) is 2.95. The van der Waals surface area contributed by atoms with E-state index in [4.69, 9.17) is 31.3 Å². The van der Waals surface area contributed by atoms with Crippen molar-refractivity contribution in [1.29, 1.82) is 0 Å². The lowest BCUT2D eigenvalue weighted by Crippen LogP contribution is -2.16. The molecule has 0 aliphatic heterocycles. The number of nitrogens with zero attached hydrogens (tertiary/aromatic N) is 2. The summed E-state index contributed by atoms with van der Waals surface area (Å²) in [6.45, 7) is 3.98. The third-order valence-electron chi connectivity index (χ3n) is 3.14. The van der Waals surface area contributed by atoms with Gasteiger partial charge in [0.15, 0.2) is 11.5 Å². The molecule has 0 saturated carbocycles. The zero-order chi connectivity index (χ0) is 15.6. The Morgan fingerprint density at radius 3 is 2.45 bits per heavy atom. The van der Waals surface area contributed by atoms with Crippen molar-refractivity contribution in [3.63, 3.8) is 0 Å². The van der Waals surface area contributed by atoms with Crippen LogP contribution < -0.4 is 15.2 Å². The van der Waals surface area contributed by atoms with Gasteiger partial charge >= 0.3 is 0 Å². The van der Waals surface area contributed by atoms with Gasteiger partial charge in [-0.25, -0.2) is 0 Å². The van der Waals surface area contributed by atoms with E-state index in [1.165, 1.54) is 14.2 Å². The van der Waals surface area contributed by atoms with Gasteiger partial charge in [0.2, 0.25) is 11.7 Å². The molecular weight excluding hydrogens is 329 g/mol. The number of aromatic nitrogens is 2. The highest BCUT2D eigenvalue weighted by Crippen LogP contribution is 2.38. The number of hydrogen-bond donors (Lipinski definition) is 1. The Morgan fingerprint density at radius 1 is 1.23 bits per heavy atom. The summed E-state index contributed by atoms with van der Waals surface area (Å²) in [6, 6.07) is 3.13. The number of rotatable bonds is 5. The second kappa shape index (κ2) is 7.67. The quantitative estimate of drug-likeness (QED) is 0.891. The van der Waals surface area contributed by atoms with E-state index >= 15 is 0 Å². The van der Waals surface area contributed by atoms with Crippen LogP contribution in [0.1, 0.15) is 25.8 Å². The van der Waals surface area contributed by atoms with Crippen LogP contribution in [0.3, 0.4) is 0 Å². The van der Waals surface area contributed by atoms with Gasteiger partial charge in [-0.3, -0.25) is 0 Å². The third kappa shape index (κ3) is 3.63. The van der Waals surface area contributed by atoms with Gasteiger partial charge in [-0.05, 0) is 18.1 Å². The number of methoxy groups -OCH3 is 2. The maximum atomic E-state index is 6.17. The summed E-state index contributed by atoms with van der Waals surface area (Å²) in [6.07, 6.45) is 0. The first-order chi connectivity index (χ1) is 9.97. The number of benzene rings is 1. The molecule has 0 bridgehead atoms. The Balaban J connectivity index is 0.00000242. The molecule has 0 aliphatic rings. The van der Waals surface area contributed by atoms with Crippen LogP contribution in [0.15, 0.2) is 16.7 Å². The third-order valence-corrected chi connectivity index (χ3v) is 3.42. The summed E-state index contributed by atoms with van der Waals surface area (Å²) in [4.78, 5) is 4.32. The van der Waals surface area contributed by atoms with E-state index in [0.717, 1.165) is 0 Å². The van der Waals surface area contributed by atoms with Crippen LogP contribution in [0.25, 0.3) is 11.4 Å². The van der Waals surface area contributed by atoms with E-state index in [1.54, 1.807) is 12.1 Å². The van der Waals surface area contributed by atoms with E-state index in [1.807, 2.05) is 13.8 Å². The summed E-state index contributed by atoms with van der Waals surface area (Å²) >= 11 is 6.17. The fourth-order valence-corrected chi connectivity index (χ4v) is 2.11. The van der Waals surface area contributed by atoms with Crippen molar-refractivity contribution in [3.05, 3.63) is 23.0 Å². The maximum absolute atomic E-state index is 6.17. The van der Waals surface area contributed by atoms with Crippen LogP contribution in [0.5, 0.6) is 11.5 Å². The molecule has 0 fully saturated rings. The Hall–Kier alpha value is -1.50. The van der Waals surface area contributed by atoms with Gasteiger partial charge in [-0.1, -0.05) is 30.6 Å². The van der Waals surface area contributed by atoms with Gasteiger partial charge < -0.3 is 19.7 Å². The minimum absolute atomic E-state index is 0. The Kier molecular flexibility index (Phi) is 6.47. The van der Waals surface area contributed by atoms with E-state index in [0.29, 0.717) is 33.8 Å². The molecule has 2 N–H and O–H groups in total. The molecule has 0 amide bonds. The lowest BCUT2D eigenvalue weighted by molar-refractivity contribution is 0.325. The van der Waals surface area contributed by atoms with Gasteiger partial charge in [0, 0.05) is 5.56 Å². The van der Waals surface area contributed by atoms with Crippen LogP contribution in [-0.4, -0.2) is 24.4 Å². The lowest BCUT2D eigenvalue weighted by atomic mass is 10.1. The molecule has 0 saturated heterocycles. The van der Waals surface area contributed by atoms with Crippen molar-refractivity contribution >= 4 is 24.0 Å². The Labute approximate surface area is 140 Å². The predicted molar refractivity (Wildman–Crippen MR) is 86.9 cm³/mol. The molecular formula is C14H19Cl2N3O3. The SMILES string of the molecule is COc1cc(-c2noc(C(N)C(C)C)n2)cc(Cl)c1OC.Cl. The lowest BCUT2D eigenvalue weighted by Gasteiger charge is -2.10. The molecule has 1 unspecified atom stereocenters. The fraction of sp³-hybridized carbons (Fsp3) is 0.429. The first-order valence-corrected chi connectivity index (χ1v) is 6.86. The van der Waals surface area contributed by atoms with Gasteiger partial charge in [-0.2, -0.15) is 4.98 Å². The van der Waals surface area contributed by atoms with Crippen molar-refractivity contribution in [1.82, 2.24) is 10.1 Å². The summed E-state index contributed by atoms with van der Waals surface area (Å²) in [5.74, 6) is 1.96. The summed E-state index contributed by atoms with van der Waals surface area (Å²) in [5, 5.41) is 4.35. The zero-order valence-electron chi connectivity index (χ0n) is 12.8. The molecule has 8 heteroatoms. The Morgan fingerprint density at radius 2 is 1.91 bits per heavy atom. The van der Waals surface area contributed by atoms with Crippen LogP contribution >= 0.6 is 24.0 Å². The van der Waals surface area contributed by atoms with Crippen LogP contribution in [0.4, 0.5) is 0 Å². The molecule has 0 radical (unpaired) electrons. The van der Waals surface area contributed by atoms with Crippen molar-refractivity contribution in [2.75, 3.05) is 14.2 Å². The van der Waals surface area contributed by atoms with E-state index in [-0.39, 0.29) is 24.4 Å². The highest BCUT2D eigenvalue weighted by Gasteiger charge is 2.20. The Bertz CT molecular complexity index is 632. The molecule has 0 spiro atoms. The summed E-state index contributed by atoms with van der Waals surface area (Å²) in [5.41, 5.74) is 6.66. The first-order valence-electron chi connectivity index (χ1n) is 6.49. The van der Waals surface area contributed by atoms with E-state index in [9.17, 15) is 0 Å². The minimum atomic E-state index is -0.304. The van der Waals surface area contributed by atoms with E-state index in [2.05, 4.69) is 10.1 Å². The topological polar surface area (TPSA) is 83.4 Å². The highest BCUT2D eigenvalue weighted by molar-refractivity contribution is 6.32. The van der Waals surface area contributed by atoms with E-state index < -0.39 is 0 Å². The second-order valence-corrected chi connectivity index (χ2v) is 5.33. The molecule has 6 nitrogen and oxygen atoms in total. The van der Waals surface area contributed by atoms with Crippen molar-refractivity contribution < 1.29 is 14.0 Å². The standard InChI is InChI=1S/C14H18ClN3O3.ClH/c1-7(2)11(16)14-17-13(18-21-14)8-5-9(15)12(20-4)10(6-8)19-3;/h5-7,11H,16H2,1-4H3;1H. The normalized spacial score (nSPS) is 12.0. The average molecular weight is 348 g/mol. The minimum Gasteiger partial charge on any atom is -0.493 e. The first kappa shape index (κ1) is 18.5. The van der Waals surface area contributed by atoms with Gasteiger partial charge in [0.05, 0.1) is 25.3 Å². The number of ether oxygens (including phenoxy) is 2. The van der Waals surface area contributed by atoms with Crippen molar-refractivity contribution in [3.8, 4) is 22.9 Å². The molecule has 0 aliphatic carbocycles. The van der Waals surface area contributed by atoms with Crippen LogP contribution in [0.2, 0.25) is 5.02 Å². The monoisotopic (exact) mass is 347 g/mol. The summed E-state index contributed by atoms with van der Waals surface area (Å²) in [7, 11) is 3.06. The molecule has 2 rings (SSSR count). The largest absolute Gasteiger partial charge is 0.493 e. The van der Waals surface area contributed by atoms with Crippen LogP contribution in [0, 0.1) is 5.92 Å². The van der Waals surface area contributed by atoms with Gasteiger partial charge in [0.25, 0.3) is 0 Å². The number of hydrogen-bond acceptors (Lipinski definition) is 6. The molecule has 2 aromatic rings. The highest BCUT2D eigenvalue weighted by atomic mass is 35.5. The molecule has 1 heterocycles. The molecule has 1 aromatic carbocycles. The van der Waals surface area contributed by atoms with Crippen LogP contribution in [-0.2, 0) is 0 Å². The van der Waals surface area contributed by atoms with Gasteiger partial charge in [-0.15, -0.1) is 12.4 Å². The molecule has 1 atom stereocenters. The number of nitrogens with two attached hydrogens (primary N) is 1. The second-order valence-electron chi connectivity index (χ2n) is 4.92. The molecule has 22 heavy (non-hydrogen) atoms. The summed E-state index contributed by atoms with van der Waals surface area (Å²) < 4.78 is 15.7.